The summed E-state index contributed by atoms with van der Waals surface area (Å²) >= 11 is 0. The highest BCUT2D eigenvalue weighted by atomic mass is 32.2. The second-order valence-corrected chi connectivity index (χ2v) is 7.67. The van der Waals surface area contributed by atoms with Gasteiger partial charge in [-0.1, -0.05) is 19.1 Å². The molecule has 0 unspecified atom stereocenters. The van der Waals surface area contributed by atoms with Crippen molar-refractivity contribution in [2.75, 3.05) is 11.5 Å². The van der Waals surface area contributed by atoms with Crippen molar-refractivity contribution in [3.63, 3.8) is 0 Å². The van der Waals surface area contributed by atoms with Gasteiger partial charge < -0.3 is 10.4 Å². The van der Waals surface area contributed by atoms with E-state index in [1.54, 1.807) is 31.2 Å². The first kappa shape index (κ1) is 18.7. The van der Waals surface area contributed by atoms with Crippen molar-refractivity contribution in [3.05, 3.63) is 47.8 Å². The second-order valence-electron chi connectivity index (χ2n) is 5.49. The Kier molecular flexibility index (Phi) is 5.92. The minimum atomic E-state index is -3.37. The number of benzene rings is 1. The Morgan fingerprint density at radius 3 is 2.68 bits per heavy atom. The predicted molar refractivity (Wildman–Crippen MR) is 91.3 cm³/mol. The van der Waals surface area contributed by atoms with Crippen molar-refractivity contribution in [2.24, 2.45) is 0 Å². The van der Waals surface area contributed by atoms with Crippen LogP contribution in [0.15, 0.2) is 36.5 Å². The first-order valence-corrected chi connectivity index (χ1v) is 9.48. The lowest BCUT2D eigenvalue weighted by atomic mass is 10.2. The number of amides is 1. The monoisotopic (exact) mass is 365 g/mol. The van der Waals surface area contributed by atoms with Crippen LogP contribution in [0.5, 0.6) is 0 Å². The molecule has 134 valence electrons. The number of sulfone groups is 1. The van der Waals surface area contributed by atoms with Gasteiger partial charge >= 0.3 is 5.97 Å². The van der Waals surface area contributed by atoms with Gasteiger partial charge in [-0.3, -0.25) is 4.79 Å². The van der Waals surface area contributed by atoms with Gasteiger partial charge in [0.25, 0.3) is 0 Å². The quantitative estimate of drug-likeness (QED) is 0.721. The van der Waals surface area contributed by atoms with Gasteiger partial charge in [-0.25, -0.2) is 17.9 Å². The smallest absolute Gasteiger partial charge is 0.356 e. The molecule has 1 heterocycles. The Bertz CT molecular complexity index is 873. The van der Waals surface area contributed by atoms with E-state index in [9.17, 15) is 18.0 Å². The molecule has 2 aromatic rings. The lowest BCUT2D eigenvalue weighted by molar-refractivity contribution is -0.118. The minimum Gasteiger partial charge on any atom is -0.476 e. The zero-order chi connectivity index (χ0) is 18.4. The fourth-order valence-corrected chi connectivity index (χ4v) is 3.49. The van der Waals surface area contributed by atoms with E-state index in [2.05, 4.69) is 10.4 Å². The highest BCUT2D eigenvalue weighted by Crippen LogP contribution is 2.11. The number of rotatable bonds is 8. The first-order chi connectivity index (χ1) is 11.8. The SMILES string of the molecule is CCCS(=O)(=O)CC(=O)NCc1cccc(-n2ccc(C(=O)O)n2)c1. The summed E-state index contributed by atoms with van der Waals surface area (Å²) < 4.78 is 24.7. The normalized spacial score (nSPS) is 11.2. The predicted octanol–water partition coefficient (Wildman–Crippen LogP) is 1.01. The lowest BCUT2D eigenvalue weighted by Crippen LogP contribution is -2.30. The number of aromatic carboxylic acids is 1. The third kappa shape index (κ3) is 5.42. The molecule has 8 nitrogen and oxygen atoms in total. The van der Waals surface area contributed by atoms with Crippen molar-refractivity contribution in [3.8, 4) is 5.69 Å². The molecule has 1 aromatic carbocycles. The third-order valence-electron chi connectivity index (χ3n) is 3.34. The molecular formula is C16H19N3O5S. The molecule has 25 heavy (non-hydrogen) atoms. The van der Waals surface area contributed by atoms with E-state index in [1.165, 1.54) is 16.9 Å². The number of carboxylic acids is 1. The van der Waals surface area contributed by atoms with Crippen LogP contribution in [0.2, 0.25) is 0 Å². The van der Waals surface area contributed by atoms with E-state index in [4.69, 9.17) is 5.11 Å². The van der Waals surface area contributed by atoms with Crippen LogP contribution in [0.25, 0.3) is 5.69 Å². The van der Waals surface area contributed by atoms with Gasteiger partial charge in [-0.05, 0) is 30.2 Å². The van der Waals surface area contributed by atoms with Crippen LogP contribution in [0.4, 0.5) is 0 Å². The zero-order valence-electron chi connectivity index (χ0n) is 13.7. The van der Waals surface area contributed by atoms with E-state index >= 15 is 0 Å². The molecule has 0 radical (unpaired) electrons. The van der Waals surface area contributed by atoms with Crippen molar-refractivity contribution in [1.29, 1.82) is 0 Å². The van der Waals surface area contributed by atoms with Gasteiger partial charge in [-0.2, -0.15) is 5.10 Å². The maximum absolute atomic E-state index is 11.8. The number of nitrogens with zero attached hydrogens (tertiary/aromatic N) is 2. The Morgan fingerprint density at radius 1 is 1.28 bits per heavy atom. The molecule has 2 rings (SSSR count). The summed E-state index contributed by atoms with van der Waals surface area (Å²) in [6.07, 6.45) is 2.00. The Morgan fingerprint density at radius 2 is 2.04 bits per heavy atom. The molecular weight excluding hydrogens is 346 g/mol. The summed E-state index contributed by atoms with van der Waals surface area (Å²) in [6, 6.07) is 8.38. The van der Waals surface area contributed by atoms with Crippen molar-refractivity contribution < 1.29 is 23.1 Å². The van der Waals surface area contributed by atoms with Crippen molar-refractivity contribution >= 4 is 21.7 Å². The standard InChI is InChI=1S/C16H19N3O5S/c1-2-8-25(23,24)11-15(20)17-10-12-4-3-5-13(9-12)19-7-6-14(18-19)16(21)22/h3-7,9H,2,8,10-11H2,1H3,(H,17,20)(H,21,22). The van der Waals surface area contributed by atoms with Gasteiger partial charge in [0.15, 0.2) is 15.5 Å². The van der Waals surface area contributed by atoms with Gasteiger partial charge in [0.1, 0.15) is 5.75 Å². The molecule has 0 bridgehead atoms. The highest BCUT2D eigenvalue weighted by molar-refractivity contribution is 7.92. The Hall–Kier alpha value is -2.68. The molecule has 0 aliphatic rings. The average Bonchev–Trinajstić information content (AvgIpc) is 3.03. The number of nitrogens with one attached hydrogen (secondary N) is 1. The molecule has 0 fully saturated rings. The number of carbonyl (C=O) groups excluding carboxylic acids is 1. The van der Waals surface area contributed by atoms with E-state index in [-0.39, 0.29) is 18.0 Å². The van der Waals surface area contributed by atoms with Gasteiger partial charge in [-0.15, -0.1) is 0 Å². The van der Waals surface area contributed by atoms with Crippen molar-refractivity contribution in [2.45, 2.75) is 19.9 Å². The van der Waals surface area contributed by atoms with Crippen LogP contribution in [0.1, 0.15) is 29.4 Å². The summed E-state index contributed by atoms with van der Waals surface area (Å²) in [4.78, 5) is 22.6. The van der Waals surface area contributed by atoms with Gasteiger partial charge in [0.05, 0.1) is 11.4 Å². The third-order valence-corrected chi connectivity index (χ3v) is 5.07. The topological polar surface area (TPSA) is 118 Å². The fraction of sp³-hybridized carbons (Fsp3) is 0.312. The number of hydrogen-bond donors (Lipinski definition) is 2. The number of carboxylic acid groups (broad SMARTS) is 1. The van der Waals surface area contributed by atoms with Crippen LogP contribution >= 0.6 is 0 Å². The lowest BCUT2D eigenvalue weighted by Gasteiger charge is -2.08. The molecule has 0 aliphatic heterocycles. The van der Waals surface area contributed by atoms with Gasteiger partial charge in [0.2, 0.25) is 5.91 Å². The summed E-state index contributed by atoms with van der Waals surface area (Å²) in [5.74, 6) is -2.20. The van der Waals surface area contributed by atoms with E-state index in [0.29, 0.717) is 12.1 Å². The second kappa shape index (κ2) is 7.93. The molecule has 0 aliphatic carbocycles. The molecule has 9 heteroatoms. The summed E-state index contributed by atoms with van der Waals surface area (Å²) in [5, 5.41) is 15.4. The van der Waals surface area contributed by atoms with Crippen LogP contribution in [-0.2, 0) is 21.2 Å². The van der Waals surface area contributed by atoms with Crippen LogP contribution in [0.3, 0.4) is 0 Å². The minimum absolute atomic E-state index is 0.0128. The Balaban J connectivity index is 2.02. The van der Waals surface area contributed by atoms with Crippen molar-refractivity contribution in [1.82, 2.24) is 15.1 Å². The number of aromatic nitrogens is 2. The van der Waals surface area contributed by atoms with E-state index < -0.39 is 27.5 Å². The van der Waals surface area contributed by atoms with Crippen LogP contribution in [0, 0.1) is 0 Å². The van der Waals surface area contributed by atoms with E-state index in [0.717, 1.165) is 5.56 Å². The van der Waals surface area contributed by atoms with Crippen LogP contribution in [-0.4, -0.2) is 46.7 Å². The van der Waals surface area contributed by atoms with Gasteiger partial charge in [0, 0.05) is 12.7 Å². The summed E-state index contributed by atoms with van der Waals surface area (Å²) in [7, 11) is -3.37. The molecule has 0 saturated heterocycles. The van der Waals surface area contributed by atoms with Crippen LogP contribution < -0.4 is 5.32 Å². The fourth-order valence-electron chi connectivity index (χ4n) is 2.23. The molecule has 2 N–H and O–H groups in total. The summed E-state index contributed by atoms with van der Waals surface area (Å²) in [6.45, 7) is 1.91. The average molecular weight is 365 g/mol. The molecule has 0 spiro atoms. The number of carbonyl (C=O) groups is 2. The highest BCUT2D eigenvalue weighted by Gasteiger charge is 2.15. The first-order valence-electron chi connectivity index (χ1n) is 7.66. The molecule has 0 saturated carbocycles. The zero-order valence-corrected chi connectivity index (χ0v) is 14.5. The largest absolute Gasteiger partial charge is 0.476 e. The van der Waals surface area contributed by atoms with E-state index in [1.807, 2.05) is 0 Å². The Labute approximate surface area is 145 Å². The maximum Gasteiger partial charge on any atom is 0.356 e. The maximum atomic E-state index is 11.8. The molecule has 0 atom stereocenters. The number of hydrogen-bond acceptors (Lipinski definition) is 5. The molecule has 1 amide bonds. The molecule has 1 aromatic heterocycles. The summed E-state index contributed by atoms with van der Waals surface area (Å²) in [5.41, 5.74) is 1.31.